The third-order valence-electron chi connectivity index (χ3n) is 4.21. The summed E-state index contributed by atoms with van der Waals surface area (Å²) in [6.07, 6.45) is 3.71. The Morgan fingerprint density at radius 2 is 1.75 bits per heavy atom. The minimum absolute atomic E-state index is 0.0866. The molecule has 0 fully saturated rings. The zero-order valence-electron chi connectivity index (χ0n) is 16.5. The van der Waals surface area contributed by atoms with Gasteiger partial charge in [-0.15, -0.1) is 0 Å². The molecule has 0 aliphatic carbocycles. The number of benzene rings is 2. The molecule has 0 bridgehead atoms. The van der Waals surface area contributed by atoms with Gasteiger partial charge in [0.25, 0.3) is 5.91 Å². The molecule has 0 N–H and O–H groups in total. The van der Waals surface area contributed by atoms with Crippen molar-refractivity contribution < 1.29 is 14.3 Å². The summed E-state index contributed by atoms with van der Waals surface area (Å²) in [4.78, 5) is 14.5. The largest absolute Gasteiger partial charge is 0.490 e. The minimum atomic E-state index is -0.0866. The molecule has 6 heteroatoms. The Bertz CT molecular complexity index is 922. The molecule has 3 aromatic rings. The van der Waals surface area contributed by atoms with Crippen LogP contribution < -0.4 is 9.47 Å². The maximum atomic E-state index is 12.9. The molecular weight excluding hydrogens is 354 g/mol. The van der Waals surface area contributed by atoms with Gasteiger partial charge < -0.3 is 14.4 Å². The molecule has 1 amide bonds. The SMILES string of the molecule is CCOc1ccc(C(=O)N(C)Cc2cnn(-c3ccccc3)c2)cc1OCC. The van der Waals surface area contributed by atoms with E-state index in [-0.39, 0.29) is 5.91 Å². The molecule has 146 valence electrons. The summed E-state index contributed by atoms with van der Waals surface area (Å²) in [5, 5.41) is 4.38. The lowest BCUT2D eigenvalue weighted by Gasteiger charge is -2.18. The van der Waals surface area contributed by atoms with Gasteiger partial charge in [0.2, 0.25) is 0 Å². The Balaban J connectivity index is 1.72. The predicted octanol–water partition coefficient (Wildman–Crippen LogP) is 3.94. The number of para-hydroxylation sites is 1. The van der Waals surface area contributed by atoms with Crippen LogP contribution in [0.3, 0.4) is 0 Å². The Labute approximate surface area is 165 Å². The van der Waals surface area contributed by atoms with Gasteiger partial charge in [-0.05, 0) is 44.2 Å². The molecule has 3 rings (SSSR count). The molecule has 1 heterocycles. The molecule has 0 aliphatic heterocycles. The summed E-state index contributed by atoms with van der Waals surface area (Å²) >= 11 is 0. The normalized spacial score (nSPS) is 10.5. The summed E-state index contributed by atoms with van der Waals surface area (Å²) in [5.41, 5.74) is 2.50. The van der Waals surface area contributed by atoms with Crippen LogP contribution >= 0.6 is 0 Å². The molecule has 6 nitrogen and oxygen atoms in total. The predicted molar refractivity (Wildman–Crippen MR) is 108 cm³/mol. The monoisotopic (exact) mass is 379 g/mol. The van der Waals surface area contributed by atoms with Gasteiger partial charge in [-0.25, -0.2) is 4.68 Å². The van der Waals surface area contributed by atoms with Crippen molar-refractivity contribution in [3.63, 3.8) is 0 Å². The highest BCUT2D eigenvalue weighted by molar-refractivity contribution is 5.94. The molecule has 28 heavy (non-hydrogen) atoms. The molecule has 0 saturated heterocycles. The van der Waals surface area contributed by atoms with Crippen molar-refractivity contribution in [3.8, 4) is 17.2 Å². The second kappa shape index (κ2) is 9.08. The fourth-order valence-electron chi connectivity index (χ4n) is 2.91. The standard InChI is InChI=1S/C22H25N3O3/c1-4-27-20-12-11-18(13-21(20)28-5-2)22(26)24(3)15-17-14-23-25(16-17)19-9-7-6-8-10-19/h6-14,16H,4-5,15H2,1-3H3. The summed E-state index contributed by atoms with van der Waals surface area (Å²) in [7, 11) is 1.78. The quantitative estimate of drug-likeness (QED) is 0.595. The molecular formula is C22H25N3O3. The van der Waals surface area contributed by atoms with Crippen molar-refractivity contribution in [1.29, 1.82) is 0 Å². The third-order valence-corrected chi connectivity index (χ3v) is 4.21. The number of carbonyl (C=O) groups is 1. The molecule has 1 aromatic heterocycles. The first kappa shape index (κ1) is 19.5. The molecule has 0 aliphatic rings. The summed E-state index contributed by atoms with van der Waals surface area (Å²) < 4.78 is 13.0. The molecule has 0 saturated carbocycles. The molecule has 0 atom stereocenters. The summed E-state index contributed by atoms with van der Waals surface area (Å²) in [6, 6.07) is 15.2. The van der Waals surface area contributed by atoms with E-state index in [2.05, 4.69) is 5.10 Å². The van der Waals surface area contributed by atoms with Crippen molar-refractivity contribution >= 4 is 5.91 Å². The van der Waals surface area contributed by atoms with E-state index in [0.29, 0.717) is 36.8 Å². The van der Waals surface area contributed by atoms with Crippen LogP contribution in [0, 0.1) is 0 Å². The van der Waals surface area contributed by atoms with E-state index in [1.54, 1.807) is 41.0 Å². The van der Waals surface area contributed by atoms with Crippen molar-refractivity contribution in [2.45, 2.75) is 20.4 Å². The van der Waals surface area contributed by atoms with Gasteiger partial charge in [-0.2, -0.15) is 5.10 Å². The van der Waals surface area contributed by atoms with Crippen LogP contribution in [0.4, 0.5) is 0 Å². The summed E-state index contributed by atoms with van der Waals surface area (Å²) in [5.74, 6) is 1.14. The van der Waals surface area contributed by atoms with Gasteiger partial charge in [-0.1, -0.05) is 18.2 Å². The van der Waals surface area contributed by atoms with E-state index in [4.69, 9.17) is 9.47 Å². The van der Waals surface area contributed by atoms with Crippen molar-refractivity contribution in [1.82, 2.24) is 14.7 Å². The van der Waals surface area contributed by atoms with E-state index in [9.17, 15) is 4.79 Å². The number of carbonyl (C=O) groups excluding carboxylic acids is 1. The van der Waals surface area contributed by atoms with E-state index in [1.165, 1.54) is 0 Å². The van der Waals surface area contributed by atoms with Gasteiger partial charge in [-0.3, -0.25) is 4.79 Å². The highest BCUT2D eigenvalue weighted by Crippen LogP contribution is 2.29. The molecule has 2 aromatic carbocycles. The number of hydrogen-bond donors (Lipinski definition) is 0. The van der Waals surface area contributed by atoms with E-state index >= 15 is 0 Å². The second-order valence-electron chi connectivity index (χ2n) is 6.32. The van der Waals surface area contributed by atoms with E-state index < -0.39 is 0 Å². The van der Waals surface area contributed by atoms with Gasteiger partial charge >= 0.3 is 0 Å². The topological polar surface area (TPSA) is 56.6 Å². The van der Waals surface area contributed by atoms with Gasteiger partial charge in [0.1, 0.15) is 0 Å². The highest BCUT2D eigenvalue weighted by Gasteiger charge is 2.16. The molecule has 0 spiro atoms. The Hall–Kier alpha value is -3.28. The zero-order chi connectivity index (χ0) is 19.9. The Morgan fingerprint density at radius 1 is 1.04 bits per heavy atom. The number of nitrogens with zero attached hydrogens (tertiary/aromatic N) is 3. The first-order valence-electron chi connectivity index (χ1n) is 9.36. The zero-order valence-corrected chi connectivity index (χ0v) is 16.5. The first-order valence-corrected chi connectivity index (χ1v) is 9.36. The lowest BCUT2D eigenvalue weighted by Crippen LogP contribution is -2.26. The van der Waals surface area contributed by atoms with Crippen molar-refractivity contribution in [2.75, 3.05) is 20.3 Å². The Kier molecular flexibility index (Phi) is 6.32. The maximum absolute atomic E-state index is 12.9. The van der Waals surface area contributed by atoms with Crippen molar-refractivity contribution in [3.05, 3.63) is 72.1 Å². The lowest BCUT2D eigenvalue weighted by atomic mass is 10.1. The van der Waals surface area contributed by atoms with Crippen LogP contribution in [0.5, 0.6) is 11.5 Å². The van der Waals surface area contributed by atoms with Crippen molar-refractivity contribution in [2.24, 2.45) is 0 Å². The van der Waals surface area contributed by atoms with Crippen LogP contribution in [0.1, 0.15) is 29.8 Å². The van der Waals surface area contributed by atoms with Crippen LogP contribution in [0.15, 0.2) is 60.9 Å². The van der Waals surface area contributed by atoms with Gasteiger partial charge in [0.15, 0.2) is 11.5 Å². The van der Waals surface area contributed by atoms with Crippen LogP contribution in [-0.4, -0.2) is 40.8 Å². The maximum Gasteiger partial charge on any atom is 0.254 e. The molecule has 0 radical (unpaired) electrons. The number of rotatable bonds is 8. The minimum Gasteiger partial charge on any atom is -0.490 e. The lowest BCUT2D eigenvalue weighted by molar-refractivity contribution is 0.0784. The van der Waals surface area contributed by atoms with E-state index in [1.807, 2.05) is 50.4 Å². The highest BCUT2D eigenvalue weighted by atomic mass is 16.5. The average Bonchev–Trinajstić information content (AvgIpc) is 3.18. The van der Waals surface area contributed by atoms with Crippen LogP contribution in [0.25, 0.3) is 5.69 Å². The molecule has 0 unspecified atom stereocenters. The number of amides is 1. The first-order chi connectivity index (χ1) is 13.6. The third kappa shape index (κ3) is 4.52. The number of hydrogen-bond acceptors (Lipinski definition) is 4. The van der Waals surface area contributed by atoms with Gasteiger partial charge in [0.05, 0.1) is 25.1 Å². The van der Waals surface area contributed by atoms with Crippen LogP contribution in [-0.2, 0) is 6.54 Å². The van der Waals surface area contributed by atoms with Crippen LogP contribution in [0.2, 0.25) is 0 Å². The summed E-state index contributed by atoms with van der Waals surface area (Å²) in [6.45, 7) is 5.33. The number of aromatic nitrogens is 2. The van der Waals surface area contributed by atoms with E-state index in [0.717, 1.165) is 11.3 Å². The Morgan fingerprint density at radius 3 is 2.46 bits per heavy atom. The number of ether oxygens (including phenoxy) is 2. The fourth-order valence-corrected chi connectivity index (χ4v) is 2.91. The second-order valence-corrected chi connectivity index (χ2v) is 6.32. The smallest absolute Gasteiger partial charge is 0.254 e. The average molecular weight is 379 g/mol. The van der Waals surface area contributed by atoms with Gasteiger partial charge in [0, 0.05) is 30.9 Å². The fraction of sp³-hybridized carbons (Fsp3) is 0.273.